The number of aliphatic carboxylic acids is 1. The number of anilines is 1. The van der Waals surface area contributed by atoms with Crippen molar-refractivity contribution in [2.24, 2.45) is 5.73 Å². The zero-order valence-corrected chi connectivity index (χ0v) is 20.2. The van der Waals surface area contributed by atoms with E-state index in [2.05, 4.69) is 10.3 Å². The van der Waals surface area contributed by atoms with E-state index < -0.39 is 12.1 Å². The Balaban J connectivity index is 0.000000479. The molecule has 8 nitrogen and oxygen atoms in total. The molecule has 196 valence electrons. The van der Waals surface area contributed by atoms with Crippen molar-refractivity contribution in [3.63, 3.8) is 0 Å². The summed E-state index contributed by atoms with van der Waals surface area (Å²) in [5.74, 6) is -0.287. The number of hydrogen-bond acceptors (Lipinski definition) is 8. The molecular weight excluding hydrogens is 511 g/mol. The molecule has 4 rings (SSSR count). The molecule has 0 aliphatic rings. The Kier molecular flexibility index (Phi) is 9.52. The summed E-state index contributed by atoms with van der Waals surface area (Å²) < 4.78 is 44.3. The Morgan fingerprint density at radius 2 is 1.62 bits per heavy atom. The van der Waals surface area contributed by atoms with Crippen molar-refractivity contribution in [1.29, 1.82) is 0 Å². The number of carboxylic acids is 1. The largest absolute Gasteiger partial charge is 0.508 e. The first-order chi connectivity index (χ1) is 17.6. The number of nitrogens with zero attached hydrogens (tertiary/aromatic N) is 1. The lowest BCUT2D eigenvalue weighted by Crippen LogP contribution is -2.21. The Morgan fingerprint density at radius 1 is 1.00 bits per heavy atom. The van der Waals surface area contributed by atoms with Crippen LogP contribution in [-0.4, -0.2) is 40.5 Å². The van der Waals surface area contributed by atoms with Crippen LogP contribution in [0.25, 0.3) is 10.2 Å². The summed E-state index contributed by atoms with van der Waals surface area (Å²) in [4.78, 5) is 13.5. The van der Waals surface area contributed by atoms with Gasteiger partial charge in [-0.1, -0.05) is 23.5 Å². The van der Waals surface area contributed by atoms with Gasteiger partial charge in [-0.05, 0) is 67.1 Å². The van der Waals surface area contributed by atoms with Gasteiger partial charge in [0.15, 0.2) is 5.13 Å². The van der Waals surface area contributed by atoms with Gasteiger partial charge < -0.3 is 30.7 Å². The summed E-state index contributed by atoms with van der Waals surface area (Å²) in [5.41, 5.74) is 7.55. The molecule has 0 aliphatic carbocycles. The molecular formula is C25H24F3N3O5S. The molecule has 0 saturated carbocycles. The van der Waals surface area contributed by atoms with Crippen molar-refractivity contribution in [2.45, 2.75) is 19.1 Å². The maximum atomic E-state index is 10.6. The highest BCUT2D eigenvalue weighted by Crippen LogP contribution is 2.32. The third-order valence-corrected chi connectivity index (χ3v) is 5.63. The predicted molar refractivity (Wildman–Crippen MR) is 134 cm³/mol. The van der Waals surface area contributed by atoms with Gasteiger partial charge in [-0.3, -0.25) is 0 Å². The molecule has 0 spiro atoms. The molecule has 0 atom stereocenters. The van der Waals surface area contributed by atoms with Gasteiger partial charge in [0.25, 0.3) is 0 Å². The number of alkyl halides is 3. The minimum absolute atomic E-state index is 0.213. The first-order valence-corrected chi connectivity index (χ1v) is 11.8. The van der Waals surface area contributed by atoms with Crippen LogP contribution < -0.4 is 20.5 Å². The molecule has 0 radical (unpaired) electrons. The van der Waals surface area contributed by atoms with Crippen molar-refractivity contribution in [1.82, 2.24) is 4.98 Å². The van der Waals surface area contributed by atoms with E-state index in [1.54, 1.807) is 35.6 Å². The van der Waals surface area contributed by atoms with Crippen molar-refractivity contribution >= 4 is 32.7 Å². The second kappa shape index (κ2) is 12.8. The smallest absolute Gasteiger partial charge is 0.490 e. The lowest BCUT2D eigenvalue weighted by molar-refractivity contribution is -0.192. The zero-order valence-electron chi connectivity index (χ0n) is 19.4. The van der Waals surface area contributed by atoms with Crippen LogP contribution in [0.15, 0.2) is 66.7 Å². The molecule has 3 aromatic carbocycles. The molecule has 1 heterocycles. The number of phenolic OH excluding ortho intramolecular Hbond substituents is 1. The first kappa shape index (κ1) is 27.6. The predicted octanol–water partition coefficient (Wildman–Crippen LogP) is 5.77. The normalized spacial score (nSPS) is 10.9. The number of hydrogen-bond donors (Lipinski definition) is 4. The number of nitrogens with one attached hydrogen (secondary N) is 1. The van der Waals surface area contributed by atoms with Gasteiger partial charge in [0.1, 0.15) is 23.0 Å². The van der Waals surface area contributed by atoms with Gasteiger partial charge in [0.05, 0.1) is 16.8 Å². The molecule has 0 amide bonds. The van der Waals surface area contributed by atoms with Gasteiger partial charge in [-0.2, -0.15) is 13.2 Å². The third kappa shape index (κ3) is 8.85. The number of aromatic hydroxyl groups is 1. The summed E-state index contributed by atoms with van der Waals surface area (Å²) in [6, 6.07) is 20.5. The van der Waals surface area contributed by atoms with Gasteiger partial charge >= 0.3 is 12.1 Å². The van der Waals surface area contributed by atoms with Crippen LogP contribution in [-0.2, 0) is 11.3 Å². The summed E-state index contributed by atoms with van der Waals surface area (Å²) in [7, 11) is 0. The highest BCUT2D eigenvalue weighted by molar-refractivity contribution is 7.22. The minimum Gasteiger partial charge on any atom is -0.508 e. The lowest BCUT2D eigenvalue weighted by Gasteiger charge is -2.07. The van der Waals surface area contributed by atoms with Crippen molar-refractivity contribution in [3.8, 4) is 23.0 Å². The van der Waals surface area contributed by atoms with E-state index in [1.165, 1.54) is 0 Å². The zero-order chi connectivity index (χ0) is 26.8. The maximum Gasteiger partial charge on any atom is 0.490 e. The number of carboxylic acid groups (broad SMARTS) is 1. The van der Waals surface area contributed by atoms with Crippen molar-refractivity contribution in [3.05, 3.63) is 72.3 Å². The van der Waals surface area contributed by atoms with E-state index in [0.717, 1.165) is 38.8 Å². The van der Waals surface area contributed by atoms with Gasteiger partial charge in [0, 0.05) is 12.6 Å². The number of thiazole rings is 1. The molecule has 12 heteroatoms. The molecule has 1 aromatic heterocycles. The van der Waals surface area contributed by atoms with E-state index in [1.807, 2.05) is 42.5 Å². The van der Waals surface area contributed by atoms with E-state index in [-0.39, 0.29) is 5.75 Å². The summed E-state index contributed by atoms with van der Waals surface area (Å²) in [6.07, 6.45) is -4.23. The van der Waals surface area contributed by atoms with Gasteiger partial charge in [-0.15, -0.1) is 0 Å². The summed E-state index contributed by atoms with van der Waals surface area (Å²) in [5, 5.41) is 20.7. The van der Waals surface area contributed by atoms with Crippen molar-refractivity contribution < 1.29 is 37.7 Å². The van der Waals surface area contributed by atoms with Gasteiger partial charge in [-0.25, -0.2) is 9.78 Å². The highest BCUT2D eigenvalue weighted by Gasteiger charge is 2.38. The SMILES string of the molecule is NCCCOc1ccc(CNc2nc3ccc(Oc4ccc(O)cc4)cc3s2)cc1.O=C(O)C(F)(F)F. The van der Waals surface area contributed by atoms with Crippen LogP contribution >= 0.6 is 11.3 Å². The minimum atomic E-state index is -5.08. The lowest BCUT2D eigenvalue weighted by atomic mass is 10.2. The fourth-order valence-electron chi connectivity index (χ4n) is 2.85. The topological polar surface area (TPSA) is 127 Å². The quantitative estimate of drug-likeness (QED) is 0.199. The average molecular weight is 536 g/mol. The Bertz CT molecular complexity index is 1300. The number of rotatable bonds is 9. The highest BCUT2D eigenvalue weighted by atomic mass is 32.1. The molecule has 5 N–H and O–H groups in total. The molecule has 0 unspecified atom stereocenters. The molecule has 37 heavy (non-hydrogen) atoms. The summed E-state index contributed by atoms with van der Waals surface area (Å²) >= 11 is 1.58. The summed E-state index contributed by atoms with van der Waals surface area (Å²) in [6.45, 7) is 1.95. The molecule has 0 fully saturated rings. The van der Waals surface area contributed by atoms with E-state index in [9.17, 15) is 18.3 Å². The number of halogens is 3. The van der Waals surface area contributed by atoms with E-state index >= 15 is 0 Å². The molecule has 0 bridgehead atoms. The van der Waals surface area contributed by atoms with Crippen LogP contribution in [0.5, 0.6) is 23.0 Å². The van der Waals surface area contributed by atoms with Crippen LogP contribution in [0.1, 0.15) is 12.0 Å². The Labute approximate surface area is 214 Å². The number of carbonyl (C=O) groups is 1. The average Bonchev–Trinajstić information content (AvgIpc) is 3.27. The van der Waals surface area contributed by atoms with Crippen LogP contribution in [0.4, 0.5) is 18.3 Å². The Morgan fingerprint density at radius 3 is 2.24 bits per heavy atom. The van der Waals surface area contributed by atoms with Crippen LogP contribution in [0.3, 0.4) is 0 Å². The van der Waals surface area contributed by atoms with E-state index in [4.69, 9.17) is 25.1 Å². The van der Waals surface area contributed by atoms with Gasteiger partial charge in [0.2, 0.25) is 0 Å². The van der Waals surface area contributed by atoms with Crippen molar-refractivity contribution in [2.75, 3.05) is 18.5 Å². The number of ether oxygens (including phenoxy) is 2. The standard InChI is InChI=1S/C23H23N3O3S.C2HF3O2/c24-12-1-13-28-18-6-2-16(3-7-18)15-25-23-26-21-11-10-20(14-22(21)30-23)29-19-8-4-17(27)5-9-19;3-2(4,5)1(6)7/h2-11,14,27H,1,12-13,15,24H2,(H,25,26);(H,6,7). The molecule has 4 aromatic rings. The number of phenols is 1. The fraction of sp³-hybridized carbons (Fsp3) is 0.200. The fourth-order valence-corrected chi connectivity index (χ4v) is 3.74. The maximum absolute atomic E-state index is 10.6. The number of fused-ring (bicyclic) bond motifs is 1. The van der Waals surface area contributed by atoms with Crippen LogP contribution in [0.2, 0.25) is 0 Å². The number of aromatic nitrogens is 1. The van der Waals surface area contributed by atoms with Crippen LogP contribution in [0, 0.1) is 0 Å². The second-order valence-corrected chi connectivity index (χ2v) is 8.57. The molecule has 0 aliphatic heterocycles. The van der Waals surface area contributed by atoms with E-state index in [0.29, 0.717) is 25.4 Å². The second-order valence-electron chi connectivity index (χ2n) is 7.54. The monoisotopic (exact) mass is 535 g/mol. The number of benzene rings is 3. The first-order valence-electron chi connectivity index (χ1n) is 11.0. The third-order valence-electron chi connectivity index (χ3n) is 4.66. The number of nitrogens with two attached hydrogens (primary N) is 1. The Hall–Kier alpha value is -4.03. The molecule has 0 saturated heterocycles.